The monoisotopic (exact) mass is 262 g/mol. The second kappa shape index (κ2) is 6.92. The smallest absolute Gasteiger partial charge is 0.0726 e. The van der Waals surface area contributed by atoms with Crippen LogP contribution in [0.4, 0.5) is 5.69 Å². The number of ether oxygens (including phenoxy) is 1. The number of hydrogen-bond acceptors (Lipinski definition) is 3. The van der Waals surface area contributed by atoms with E-state index in [2.05, 4.69) is 55.4 Å². The summed E-state index contributed by atoms with van der Waals surface area (Å²) in [5.41, 5.74) is 2.58. The maximum atomic E-state index is 5.69. The van der Waals surface area contributed by atoms with Crippen molar-refractivity contribution in [2.45, 2.75) is 38.8 Å². The van der Waals surface area contributed by atoms with Crippen molar-refractivity contribution in [3.05, 3.63) is 29.8 Å². The Morgan fingerprint density at radius 1 is 1.37 bits per heavy atom. The van der Waals surface area contributed by atoms with Crippen LogP contribution in [0.1, 0.15) is 25.3 Å². The van der Waals surface area contributed by atoms with Gasteiger partial charge in [0, 0.05) is 38.5 Å². The van der Waals surface area contributed by atoms with Crippen molar-refractivity contribution in [1.29, 1.82) is 0 Å². The van der Waals surface area contributed by atoms with Crippen molar-refractivity contribution in [2.75, 3.05) is 31.6 Å². The molecule has 0 saturated carbocycles. The van der Waals surface area contributed by atoms with E-state index in [9.17, 15) is 0 Å². The highest BCUT2D eigenvalue weighted by Gasteiger charge is 2.21. The molecule has 2 atom stereocenters. The molecule has 0 aromatic heterocycles. The number of hydrogen-bond donors (Lipinski definition) is 1. The Kier molecular flexibility index (Phi) is 5.23. The molecule has 1 aromatic carbocycles. The van der Waals surface area contributed by atoms with Gasteiger partial charge in [-0.1, -0.05) is 17.7 Å². The quantitative estimate of drug-likeness (QED) is 0.853. The van der Waals surface area contributed by atoms with Crippen LogP contribution in [0.2, 0.25) is 0 Å². The molecular formula is C16H26N2O. The number of nitrogens with zero attached hydrogens (tertiary/aromatic N) is 1. The van der Waals surface area contributed by atoms with E-state index in [1.807, 2.05) is 0 Å². The molecule has 3 nitrogen and oxygen atoms in total. The van der Waals surface area contributed by atoms with E-state index in [1.165, 1.54) is 24.1 Å². The molecule has 3 heteroatoms. The highest BCUT2D eigenvalue weighted by molar-refractivity contribution is 5.46. The number of rotatable bonds is 6. The van der Waals surface area contributed by atoms with Crippen LogP contribution in [0.15, 0.2) is 24.3 Å². The molecule has 2 unspecified atom stereocenters. The summed E-state index contributed by atoms with van der Waals surface area (Å²) in [6.07, 6.45) is 2.81. The fourth-order valence-corrected chi connectivity index (χ4v) is 2.52. The summed E-state index contributed by atoms with van der Waals surface area (Å²) in [4.78, 5) is 2.29. The lowest BCUT2D eigenvalue weighted by atomic mass is 10.1. The second-order valence-electron chi connectivity index (χ2n) is 5.55. The van der Waals surface area contributed by atoms with Crippen LogP contribution in [0.25, 0.3) is 0 Å². The van der Waals surface area contributed by atoms with Crippen LogP contribution in [0, 0.1) is 6.92 Å². The molecular weight excluding hydrogens is 236 g/mol. The highest BCUT2D eigenvalue weighted by atomic mass is 16.5. The molecule has 1 aliphatic heterocycles. The Balaban J connectivity index is 1.71. The lowest BCUT2D eigenvalue weighted by Gasteiger charge is -2.23. The van der Waals surface area contributed by atoms with E-state index in [0.717, 1.165) is 19.7 Å². The van der Waals surface area contributed by atoms with Crippen molar-refractivity contribution in [3.8, 4) is 0 Å². The van der Waals surface area contributed by atoms with Crippen LogP contribution >= 0.6 is 0 Å². The number of anilines is 1. The first-order chi connectivity index (χ1) is 9.16. The zero-order valence-electron chi connectivity index (χ0n) is 12.4. The van der Waals surface area contributed by atoms with Crippen LogP contribution in [-0.4, -0.2) is 38.9 Å². The minimum Gasteiger partial charge on any atom is -0.377 e. The molecule has 1 aliphatic rings. The summed E-state index contributed by atoms with van der Waals surface area (Å²) in [5.74, 6) is 0. The van der Waals surface area contributed by atoms with Crippen molar-refractivity contribution < 1.29 is 4.74 Å². The zero-order chi connectivity index (χ0) is 13.7. The van der Waals surface area contributed by atoms with Crippen LogP contribution in [0.5, 0.6) is 0 Å². The summed E-state index contributed by atoms with van der Waals surface area (Å²) in [6, 6.07) is 9.13. The Hall–Kier alpha value is -1.06. The molecule has 0 spiro atoms. The number of aryl methyl sites for hydroxylation is 1. The lowest BCUT2D eigenvalue weighted by Crippen LogP contribution is -2.40. The van der Waals surface area contributed by atoms with Crippen molar-refractivity contribution in [1.82, 2.24) is 5.32 Å². The molecule has 106 valence electrons. The first kappa shape index (κ1) is 14.4. The number of likely N-dealkylation sites (N-methyl/N-ethyl adjacent to an activating group) is 1. The van der Waals surface area contributed by atoms with Gasteiger partial charge in [-0.15, -0.1) is 0 Å². The standard InChI is InChI=1S/C16H26N2O/c1-13-6-8-15(9-7-13)18(3)11-10-17-14(2)16-5-4-12-19-16/h6-9,14,16-17H,4-5,10-12H2,1-3H3. The van der Waals surface area contributed by atoms with E-state index >= 15 is 0 Å². The van der Waals surface area contributed by atoms with Gasteiger partial charge in [0.25, 0.3) is 0 Å². The van der Waals surface area contributed by atoms with Gasteiger partial charge in [-0.25, -0.2) is 0 Å². The van der Waals surface area contributed by atoms with Gasteiger partial charge in [0.1, 0.15) is 0 Å². The Morgan fingerprint density at radius 2 is 2.11 bits per heavy atom. The molecule has 0 radical (unpaired) electrons. The number of nitrogens with one attached hydrogen (secondary N) is 1. The van der Waals surface area contributed by atoms with Gasteiger partial charge in [-0.05, 0) is 38.8 Å². The highest BCUT2D eigenvalue weighted by Crippen LogP contribution is 2.15. The van der Waals surface area contributed by atoms with E-state index in [0.29, 0.717) is 12.1 Å². The minimum atomic E-state index is 0.407. The average molecular weight is 262 g/mol. The molecule has 1 N–H and O–H groups in total. The molecule has 1 saturated heterocycles. The van der Waals surface area contributed by atoms with Crippen LogP contribution < -0.4 is 10.2 Å². The van der Waals surface area contributed by atoms with Crippen LogP contribution in [-0.2, 0) is 4.74 Å². The van der Waals surface area contributed by atoms with Gasteiger partial charge in [-0.2, -0.15) is 0 Å². The summed E-state index contributed by atoms with van der Waals surface area (Å²) in [5, 5.41) is 3.57. The summed E-state index contributed by atoms with van der Waals surface area (Å²) in [6.45, 7) is 7.28. The Labute approximate surface area is 116 Å². The largest absolute Gasteiger partial charge is 0.377 e. The molecule has 2 rings (SSSR count). The second-order valence-corrected chi connectivity index (χ2v) is 5.55. The van der Waals surface area contributed by atoms with Crippen molar-refractivity contribution in [2.24, 2.45) is 0 Å². The van der Waals surface area contributed by atoms with E-state index < -0.39 is 0 Å². The van der Waals surface area contributed by atoms with Crippen molar-refractivity contribution in [3.63, 3.8) is 0 Å². The molecule has 19 heavy (non-hydrogen) atoms. The Morgan fingerprint density at radius 3 is 2.74 bits per heavy atom. The topological polar surface area (TPSA) is 24.5 Å². The van der Waals surface area contributed by atoms with Gasteiger partial charge in [0.05, 0.1) is 6.10 Å². The summed E-state index contributed by atoms with van der Waals surface area (Å²) < 4.78 is 5.69. The minimum absolute atomic E-state index is 0.407. The van der Waals surface area contributed by atoms with Crippen LogP contribution in [0.3, 0.4) is 0 Å². The van der Waals surface area contributed by atoms with Gasteiger partial charge < -0.3 is 15.0 Å². The van der Waals surface area contributed by atoms with Crippen molar-refractivity contribution >= 4 is 5.69 Å². The van der Waals surface area contributed by atoms with Gasteiger partial charge in [-0.3, -0.25) is 0 Å². The maximum absolute atomic E-state index is 5.69. The molecule has 1 aromatic rings. The summed E-state index contributed by atoms with van der Waals surface area (Å²) in [7, 11) is 2.14. The van der Waals surface area contributed by atoms with E-state index in [1.54, 1.807) is 0 Å². The predicted octanol–water partition coefficient (Wildman–Crippen LogP) is 2.59. The first-order valence-electron chi connectivity index (χ1n) is 7.29. The fourth-order valence-electron chi connectivity index (χ4n) is 2.52. The van der Waals surface area contributed by atoms with Gasteiger partial charge in [0.15, 0.2) is 0 Å². The van der Waals surface area contributed by atoms with Gasteiger partial charge >= 0.3 is 0 Å². The summed E-state index contributed by atoms with van der Waals surface area (Å²) >= 11 is 0. The normalized spacial score (nSPS) is 20.5. The molecule has 0 bridgehead atoms. The van der Waals surface area contributed by atoms with Gasteiger partial charge in [0.2, 0.25) is 0 Å². The number of benzene rings is 1. The molecule has 0 amide bonds. The van der Waals surface area contributed by atoms with E-state index in [4.69, 9.17) is 4.74 Å². The third-order valence-corrected chi connectivity index (χ3v) is 3.91. The Bertz CT molecular complexity index is 371. The zero-order valence-corrected chi connectivity index (χ0v) is 12.4. The third kappa shape index (κ3) is 4.22. The molecule has 1 heterocycles. The lowest BCUT2D eigenvalue weighted by molar-refractivity contribution is 0.0841. The fraction of sp³-hybridized carbons (Fsp3) is 0.625. The third-order valence-electron chi connectivity index (χ3n) is 3.91. The SMILES string of the molecule is Cc1ccc(N(C)CCNC(C)C2CCCO2)cc1. The molecule has 0 aliphatic carbocycles. The predicted molar refractivity (Wildman–Crippen MR) is 80.9 cm³/mol. The molecule has 1 fully saturated rings. The first-order valence-corrected chi connectivity index (χ1v) is 7.29. The maximum Gasteiger partial charge on any atom is 0.0726 e. The van der Waals surface area contributed by atoms with E-state index in [-0.39, 0.29) is 0 Å². The average Bonchev–Trinajstić information content (AvgIpc) is 2.93.